The number of carbonyl (C=O) groups is 1. The van der Waals surface area contributed by atoms with Crippen LogP contribution in [-0.2, 0) is 17.8 Å². The molecule has 0 unspecified atom stereocenters. The van der Waals surface area contributed by atoms with E-state index in [4.69, 9.17) is 21.1 Å². The van der Waals surface area contributed by atoms with E-state index in [2.05, 4.69) is 10.3 Å². The van der Waals surface area contributed by atoms with E-state index in [1.54, 1.807) is 49.4 Å². The molecule has 1 aromatic heterocycles. The number of aryl methyl sites for hydroxylation is 1. The van der Waals surface area contributed by atoms with Gasteiger partial charge in [-0.3, -0.25) is 14.2 Å². The topological polar surface area (TPSA) is 103 Å². The van der Waals surface area contributed by atoms with E-state index in [0.29, 0.717) is 58.1 Å². The fourth-order valence-corrected chi connectivity index (χ4v) is 3.66. The van der Waals surface area contributed by atoms with Gasteiger partial charge in [-0.15, -0.1) is 0 Å². The second kappa shape index (κ2) is 9.42. The van der Waals surface area contributed by atoms with Crippen LogP contribution in [0.15, 0.2) is 47.3 Å². The van der Waals surface area contributed by atoms with E-state index in [0.717, 1.165) is 0 Å². The van der Waals surface area contributed by atoms with Crippen LogP contribution in [0.4, 0.5) is 5.69 Å². The SMILES string of the molecule is Cc1nc(-c2ccc(Cl)cc2)n(CC(=O)Nc2ccc3c(c2)OCCO3)c(=O)c1CCO. The van der Waals surface area contributed by atoms with Gasteiger partial charge in [-0.05, 0) is 43.3 Å². The molecule has 4 rings (SSSR count). The van der Waals surface area contributed by atoms with Crippen LogP contribution in [0.5, 0.6) is 11.5 Å². The van der Waals surface area contributed by atoms with Crippen molar-refractivity contribution in [3.05, 3.63) is 69.1 Å². The van der Waals surface area contributed by atoms with E-state index in [9.17, 15) is 14.7 Å². The van der Waals surface area contributed by atoms with Crippen LogP contribution in [0.1, 0.15) is 11.3 Å². The first-order valence-corrected chi connectivity index (χ1v) is 10.5. The quantitative estimate of drug-likeness (QED) is 0.592. The van der Waals surface area contributed by atoms with Gasteiger partial charge in [0.25, 0.3) is 5.56 Å². The largest absolute Gasteiger partial charge is 0.486 e. The number of aromatic nitrogens is 2. The Hall–Kier alpha value is -3.36. The molecule has 0 saturated carbocycles. The summed E-state index contributed by atoms with van der Waals surface area (Å²) in [6, 6.07) is 12.0. The number of fused-ring (bicyclic) bond motifs is 1. The second-order valence-corrected chi connectivity index (χ2v) is 7.71. The Balaban J connectivity index is 1.66. The van der Waals surface area contributed by atoms with Gasteiger partial charge < -0.3 is 19.9 Å². The van der Waals surface area contributed by atoms with Crippen LogP contribution in [0, 0.1) is 6.92 Å². The van der Waals surface area contributed by atoms with Gasteiger partial charge in [0, 0.05) is 46.6 Å². The summed E-state index contributed by atoms with van der Waals surface area (Å²) in [7, 11) is 0. The first-order chi connectivity index (χ1) is 15.5. The Morgan fingerprint density at radius 1 is 1.16 bits per heavy atom. The van der Waals surface area contributed by atoms with Crippen LogP contribution < -0.4 is 20.3 Å². The third-order valence-electron chi connectivity index (χ3n) is 5.06. The lowest BCUT2D eigenvalue weighted by Gasteiger charge is -2.19. The minimum atomic E-state index is -0.403. The molecule has 0 atom stereocenters. The number of nitrogens with one attached hydrogen (secondary N) is 1. The maximum Gasteiger partial charge on any atom is 0.257 e. The number of ether oxygens (including phenoxy) is 2. The van der Waals surface area contributed by atoms with Crippen molar-refractivity contribution >= 4 is 23.2 Å². The zero-order valence-corrected chi connectivity index (χ0v) is 18.2. The van der Waals surface area contributed by atoms with Gasteiger partial charge in [0.15, 0.2) is 11.5 Å². The lowest BCUT2D eigenvalue weighted by Crippen LogP contribution is -2.33. The molecule has 32 heavy (non-hydrogen) atoms. The monoisotopic (exact) mass is 455 g/mol. The third-order valence-corrected chi connectivity index (χ3v) is 5.31. The molecule has 0 spiro atoms. The molecule has 0 bridgehead atoms. The second-order valence-electron chi connectivity index (χ2n) is 7.28. The van der Waals surface area contributed by atoms with Crippen LogP contribution in [0.2, 0.25) is 5.02 Å². The van der Waals surface area contributed by atoms with Gasteiger partial charge in [0.1, 0.15) is 25.6 Å². The average Bonchev–Trinajstić information content (AvgIpc) is 2.79. The van der Waals surface area contributed by atoms with Gasteiger partial charge in [-0.2, -0.15) is 0 Å². The molecule has 0 aliphatic carbocycles. The normalized spacial score (nSPS) is 12.5. The fourth-order valence-electron chi connectivity index (χ4n) is 3.53. The predicted octanol–water partition coefficient (Wildman–Crippen LogP) is 2.82. The number of anilines is 1. The minimum Gasteiger partial charge on any atom is -0.486 e. The molecule has 2 aromatic carbocycles. The van der Waals surface area contributed by atoms with E-state index >= 15 is 0 Å². The Morgan fingerprint density at radius 2 is 1.88 bits per heavy atom. The molecule has 0 radical (unpaired) electrons. The van der Waals surface area contributed by atoms with Crippen molar-refractivity contribution in [2.75, 3.05) is 25.1 Å². The lowest BCUT2D eigenvalue weighted by molar-refractivity contribution is -0.116. The number of aliphatic hydroxyl groups excluding tert-OH is 1. The first-order valence-electron chi connectivity index (χ1n) is 10.1. The van der Waals surface area contributed by atoms with Crippen molar-refractivity contribution < 1.29 is 19.4 Å². The summed E-state index contributed by atoms with van der Waals surface area (Å²) >= 11 is 5.99. The van der Waals surface area contributed by atoms with Crippen molar-refractivity contribution in [3.63, 3.8) is 0 Å². The molecule has 0 saturated heterocycles. The van der Waals surface area contributed by atoms with Crippen molar-refractivity contribution in [1.29, 1.82) is 0 Å². The van der Waals surface area contributed by atoms with Crippen LogP contribution in [0.25, 0.3) is 11.4 Å². The predicted molar refractivity (Wildman–Crippen MR) is 121 cm³/mol. The maximum absolute atomic E-state index is 13.2. The number of amides is 1. The van der Waals surface area contributed by atoms with Crippen LogP contribution in [0.3, 0.4) is 0 Å². The number of rotatable bonds is 6. The molecule has 0 fully saturated rings. The minimum absolute atomic E-state index is 0.155. The Kier molecular flexibility index (Phi) is 6.43. The molecule has 9 heteroatoms. The molecule has 1 aliphatic rings. The number of nitrogens with zero attached hydrogens (tertiary/aromatic N) is 2. The molecular formula is C23H22ClN3O5. The van der Waals surface area contributed by atoms with E-state index in [1.165, 1.54) is 4.57 Å². The van der Waals surface area contributed by atoms with Crippen molar-refractivity contribution in [3.8, 4) is 22.9 Å². The molecule has 8 nitrogen and oxygen atoms in total. The highest BCUT2D eigenvalue weighted by atomic mass is 35.5. The summed E-state index contributed by atoms with van der Waals surface area (Å²) in [5.41, 5.74) is 1.69. The fraction of sp³-hybridized carbons (Fsp3) is 0.261. The standard InChI is InChI=1S/C23H22ClN3O5/c1-14-18(8-9-28)23(30)27(22(25-14)15-2-4-16(24)5-3-15)13-21(29)26-17-6-7-19-20(12-17)32-11-10-31-19/h2-7,12,28H,8-11,13H2,1H3,(H,26,29). The van der Waals surface area contributed by atoms with Crippen LogP contribution >= 0.6 is 11.6 Å². The molecule has 2 heterocycles. The van der Waals surface area contributed by atoms with Gasteiger partial charge in [-0.25, -0.2) is 4.98 Å². The van der Waals surface area contributed by atoms with Gasteiger partial charge >= 0.3 is 0 Å². The number of carbonyl (C=O) groups excluding carboxylic acids is 1. The van der Waals surface area contributed by atoms with Crippen molar-refractivity contribution in [2.24, 2.45) is 0 Å². The zero-order chi connectivity index (χ0) is 22.7. The number of benzene rings is 2. The molecule has 3 aromatic rings. The van der Waals surface area contributed by atoms with Gasteiger partial charge in [-0.1, -0.05) is 11.6 Å². The van der Waals surface area contributed by atoms with Crippen molar-refractivity contribution in [1.82, 2.24) is 9.55 Å². The van der Waals surface area contributed by atoms with E-state index in [1.807, 2.05) is 0 Å². The summed E-state index contributed by atoms with van der Waals surface area (Å²) in [4.78, 5) is 30.6. The molecule has 2 N–H and O–H groups in total. The molecule has 1 amide bonds. The summed E-state index contributed by atoms with van der Waals surface area (Å²) in [5, 5.41) is 12.7. The number of aliphatic hydroxyl groups is 1. The first kappa shape index (κ1) is 21.9. The summed E-state index contributed by atoms with van der Waals surface area (Å²) in [6.45, 7) is 2.18. The smallest absolute Gasteiger partial charge is 0.257 e. The van der Waals surface area contributed by atoms with E-state index in [-0.39, 0.29) is 25.1 Å². The summed E-state index contributed by atoms with van der Waals surface area (Å²) < 4.78 is 12.4. The Labute approximate surface area is 189 Å². The van der Waals surface area contributed by atoms with Gasteiger partial charge in [0.05, 0.1) is 0 Å². The highest BCUT2D eigenvalue weighted by Gasteiger charge is 2.19. The summed E-state index contributed by atoms with van der Waals surface area (Å²) in [5.74, 6) is 1.12. The molecule has 166 valence electrons. The highest BCUT2D eigenvalue weighted by molar-refractivity contribution is 6.30. The highest BCUT2D eigenvalue weighted by Crippen LogP contribution is 2.32. The number of hydrogen-bond acceptors (Lipinski definition) is 6. The lowest BCUT2D eigenvalue weighted by atomic mass is 10.1. The number of hydrogen-bond donors (Lipinski definition) is 2. The average molecular weight is 456 g/mol. The van der Waals surface area contributed by atoms with Crippen molar-refractivity contribution in [2.45, 2.75) is 19.9 Å². The van der Waals surface area contributed by atoms with E-state index < -0.39 is 5.91 Å². The third kappa shape index (κ3) is 4.61. The maximum atomic E-state index is 13.2. The Bertz CT molecular complexity index is 1210. The molecule has 1 aliphatic heterocycles. The van der Waals surface area contributed by atoms with Gasteiger partial charge in [0.2, 0.25) is 5.91 Å². The Morgan fingerprint density at radius 3 is 2.59 bits per heavy atom. The molecular weight excluding hydrogens is 434 g/mol. The summed E-state index contributed by atoms with van der Waals surface area (Å²) in [6.07, 6.45) is 0.155. The number of halogens is 1. The van der Waals surface area contributed by atoms with Crippen LogP contribution in [-0.4, -0.2) is 40.4 Å². The zero-order valence-electron chi connectivity index (χ0n) is 17.4.